The summed E-state index contributed by atoms with van der Waals surface area (Å²) in [7, 11) is 3.40. The van der Waals surface area contributed by atoms with Crippen molar-refractivity contribution in [3.8, 4) is 11.5 Å². The van der Waals surface area contributed by atoms with Gasteiger partial charge in [-0.2, -0.15) is 0 Å². The van der Waals surface area contributed by atoms with Crippen LogP contribution in [0.15, 0.2) is 47.4 Å². The minimum atomic E-state index is 0.464. The minimum Gasteiger partial charge on any atom is -0.497 e. The Morgan fingerprint density at radius 3 is 2.38 bits per heavy atom. The van der Waals surface area contributed by atoms with Crippen molar-refractivity contribution in [2.45, 2.75) is 30.3 Å². The number of benzene rings is 2. The van der Waals surface area contributed by atoms with Gasteiger partial charge in [0.15, 0.2) is 0 Å². The number of rotatable bonds is 7. The molecule has 0 atom stereocenters. The fourth-order valence-electron chi connectivity index (χ4n) is 3.37. The smallest absolute Gasteiger partial charge is 0.142 e. The van der Waals surface area contributed by atoms with Gasteiger partial charge in [-0.05, 0) is 48.9 Å². The van der Waals surface area contributed by atoms with Crippen molar-refractivity contribution >= 4 is 17.4 Å². The van der Waals surface area contributed by atoms with Crippen LogP contribution in [0, 0.1) is 0 Å². The minimum absolute atomic E-state index is 0.464. The summed E-state index contributed by atoms with van der Waals surface area (Å²) in [6.45, 7) is 3.24. The molecule has 0 aromatic heterocycles. The van der Waals surface area contributed by atoms with Gasteiger partial charge in [-0.3, -0.25) is 4.90 Å². The van der Waals surface area contributed by atoms with E-state index in [0.717, 1.165) is 49.7 Å². The highest BCUT2D eigenvalue weighted by molar-refractivity contribution is 7.98. The molecular weight excluding hydrogens is 344 g/mol. The highest BCUT2D eigenvalue weighted by Crippen LogP contribution is 2.31. The average Bonchev–Trinajstić information content (AvgIpc) is 2.70. The van der Waals surface area contributed by atoms with E-state index in [1.54, 1.807) is 26.0 Å². The first-order valence-corrected chi connectivity index (χ1v) is 10.3. The molecule has 5 heteroatoms. The van der Waals surface area contributed by atoms with E-state index in [0.29, 0.717) is 6.04 Å². The maximum absolute atomic E-state index is 5.48. The first-order valence-electron chi connectivity index (χ1n) is 9.05. The monoisotopic (exact) mass is 372 g/mol. The second-order valence-corrected chi connectivity index (χ2v) is 7.49. The van der Waals surface area contributed by atoms with Gasteiger partial charge in [0, 0.05) is 36.6 Å². The number of nitrogens with one attached hydrogen (secondary N) is 1. The normalized spacial score (nSPS) is 15.7. The summed E-state index contributed by atoms with van der Waals surface area (Å²) in [5.74, 6) is 1.71. The third-order valence-electron chi connectivity index (χ3n) is 4.92. The summed E-state index contributed by atoms with van der Waals surface area (Å²) >= 11 is 1.79. The van der Waals surface area contributed by atoms with Crippen LogP contribution in [0.4, 0.5) is 5.69 Å². The van der Waals surface area contributed by atoms with Crippen LogP contribution >= 0.6 is 11.8 Å². The maximum Gasteiger partial charge on any atom is 0.142 e. The molecule has 1 aliphatic heterocycles. The average molecular weight is 373 g/mol. The molecule has 3 rings (SSSR count). The second-order valence-electron chi connectivity index (χ2n) is 6.61. The van der Waals surface area contributed by atoms with Gasteiger partial charge in [-0.1, -0.05) is 12.1 Å². The summed E-state index contributed by atoms with van der Waals surface area (Å²) in [5.41, 5.74) is 2.40. The number of anilines is 1. The SMILES string of the molecule is COc1ccc(OC)c(NC2CCN(Cc3ccc(SC)cc3)CC2)c1. The molecule has 1 aliphatic rings. The van der Waals surface area contributed by atoms with E-state index in [-0.39, 0.29) is 0 Å². The molecular formula is C21H28N2O2S. The van der Waals surface area contributed by atoms with Crippen LogP contribution in [0.1, 0.15) is 18.4 Å². The Kier molecular flexibility index (Phi) is 6.69. The molecule has 1 saturated heterocycles. The van der Waals surface area contributed by atoms with E-state index in [4.69, 9.17) is 9.47 Å². The summed E-state index contributed by atoms with van der Waals surface area (Å²) in [6, 6.07) is 15.3. The summed E-state index contributed by atoms with van der Waals surface area (Å²) < 4.78 is 10.8. The molecule has 0 radical (unpaired) electrons. The van der Waals surface area contributed by atoms with Crippen LogP contribution in [-0.2, 0) is 6.54 Å². The first-order chi connectivity index (χ1) is 12.7. The van der Waals surface area contributed by atoms with E-state index in [2.05, 4.69) is 40.7 Å². The zero-order valence-electron chi connectivity index (χ0n) is 15.8. The third kappa shape index (κ3) is 4.86. The van der Waals surface area contributed by atoms with Crippen LogP contribution in [0.25, 0.3) is 0 Å². The fraction of sp³-hybridized carbons (Fsp3) is 0.429. The Bertz CT molecular complexity index is 698. The highest BCUT2D eigenvalue weighted by Gasteiger charge is 2.20. The van der Waals surface area contributed by atoms with Crippen molar-refractivity contribution < 1.29 is 9.47 Å². The molecule has 0 unspecified atom stereocenters. The molecule has 1 heterocycles. The topological polar surface area (TPSA) is 33.7 Å². The molecule has 0 aliphatic carbocycles. The van der Waals surface area contributed by atoms with E-state index in [1.807, 2.05) is 18.2 Å². The molecule has 2 aromatic carbocycles. The van der Waals surface area contributed by atoms with Gasteiger partial charge < -0.3 is 14.8 Å². The Morgan fingerprint density at radius 2 is 1.77 bits per heavy atom. The van der Waals surface area contributed by atoms with E-state index in [9.17, 15) is 0 Å². The first kappa shape index (κ1) is 18.9. The van der Waals surface area contributed by atoms with Crippen LogP contribution in [0.3, 0.4) is 0 Å². The fourth-order valence-corrected chi connectivity index (χ4v) is 3.78. The Balaban J connectivity index is 1.53. The van der Waals surface area contributed by atoms with E-state index < -0.39 is 0 Å². The maximum atomic E-state index is 5.48. The predicted molar refractivity (Wildman–Crippen MR) is 110 cm³/mol. The summed E-state index contributed by atoms with van der Waals surface area (Å²) in [4.78, 5) is 3.86. The lowest BCUT2D eigenvalue weighted by Crippen LogP contribution is -2.38. The van der Waals surface area contributed by atoms with Gasteiger partial charge in [-0.25, -0.2) is 0 Å². The number of methoxy groups -OCH3 is 2. The predicted octanol–water partition coefficient (Wildman–Crippen LogP) is 4.50. The molecule has 0 bridgehead atoms. The molecule has 2 aromatic rings. The quantitative estimate of drug-likeness (QED) is 0.724. The van der Waals surface area contributed by atoms with Crippen molar-refractivity contribution in [3.05, 3.63) is 48.0 Å². The second kappa shape index (κ2) is 9.19. The molecule has 140 valence electrons. The van der Waals surface area contributed by atoms with Gasteiger partial charge in [-0.15, -0.1) is 11.8 Å². The number of ether oxygens (including phenoxy) is 2. The zero-order chi connectivity index (χ0) is 18.4. The summed E-state index contributed by atoms with van der Waals surface area (Å²) in [6.07, 6.45) is 4.37. The molecule has 26 heavy (non-hydrogen) atoms. The van der Waals surface area contributed by atoms with Crippen molar-refractivity contribution in [1.82, 2.24) is 4.90 Å². The van der Waals surface area contributed by atoms with E-state index >= 15 is 0 Å². The Labute approximate surface area is 160 Å². The number of thioether (sulfide) groups is 1. The number of nitrogens with zero attached hydrogens (tertiary/aromatic N) is 1. The van der Waals surface area contributed by atoms with Crippen molar-refractivity contribution in [3.63, 3.8) is 0 Å². The number of hydrogen-bond acceptors (Lipinski definition) is 5. The molecule has 0 amide bonds. The number of hydrogen-bond donors (Lipinski definition) is 1. The molecule has 1 fully saturated rings. The lowest BCUT2D eigenvalue weighted by atomic mass is 10.0. The van der Waals surface area contributed by atoms with E-state index in [1.165, 1.54) is 10.5 Å². The van der Waals surface area contributed by atoms with Crippen molar-refractivity contribution in [1.29, 1.82) is 0 Å². The molecule has 0 saturated carbocycles. The van der Waals surface area contributed by atoms with Crippen molar-refractivity contribution in [2.24, 2.45) is 0 Å². The third-order valence-corrected chi connectivity index (χ3v) is 5.66. The lowest BCUT2D eigenvalue weighted by molar-refractivity contribution is 0.211. The van der Waals surface area contributed by atoms with Gasteiger partial charge in [0.1, 0.15) is 11.5 Å². The largest absolute Gasteiger partial charge is 0.497 e. The van der Waals surface area contributed by atoms with Crippen LogP contribution in [0.2, 0.25) is 0 Å². The standard InChI is InChI=1S/C21H28N2O2S/c1-24-18-6-9-21(25-2)20(14-18)22-17-10-12-23(13-11-17)15-16-4-7-19(26-3)8-5-16/h4-9,14,17,22H,10-13,15H2,1-3H3. The van der Waals surface area contributed by atoms with Crippen LogP contribution in [0.5, 0.6) is 11.5 Å². The molecule has 4 nitrogen and oxygen atoms in total. The number of likely N-dealkylation sites (tertiary alicyclic amines) is 1. The molecule has 1 N–H and O–H groups in total. The van der Waals surface area contributed by atoms with Gasteiger partial charge >= 0.3 is 0 Å². The van der Waals surface area contributed by atoms with Gasteiger partial charge in [0.2, 0.25) is 0 Å². The molecule has 0 spiro atoms. The highest BCUT2D eigenvalue weighted by atomic mass is 32.2. The van der Waals surface area contributed by atoms with Gasteiger partial charge in [0.05, 0.1) is 19.9 Å². The lowest BCUT2D eigenvalue weighted by Gasteiger charge is -2.33. The Morgan fingerprint density at radius 1 is 1.04 bits per heavy atom. The van der Waals surface area contributed by atoms with Crippen LogP contribution in [-0.4, -0.2) is 44.5 Å². The summed E-state index contributed by atoms with van der Waals surface area (Å²) in [5, 5.41) is 3.64. The Hall–Kier alpha value is -1.85. The van der Waals surface area contributed by atoms with Gasteiger partial charge in [0.25, 0.3) is 0 Å². The van der Waals surface area contributed by atoms with Crippen LogP contribution < -0.4 is 14.8 Å². The van der Waals surface area contributed by atoms with Crippen molar-refractivity contribution in [2.75, 3.05) is 38.9 Å². The zero-order valence-corrected chi connectivity index (χ0v) is 16.6. The number of piperidine rings is 1.